The normalized spacial score (nSPS) is 11.1. The van der Waals surface area contributed by atoms with Crippen molar-refractivity contribution < 1.29 is 53.2 Å². The van der Waals surface area contributed by atoms with E-state index in [2.05, 4.69) is 0 Å². The van der Waals surface area contributed by atoms with Gasteiger partial charge in [-0.1, -0.05) is 12.1 Å². The Bertz CT molecular complexity index is 871. The summed E-state index contributed by atoms with van der Waals surface area (Å²) in [4.78, 5) is -0.323. The summed E-state index contributed by atoms with van der Waals surface area (Å²) in [5, 5.41) is 0. The Labute approximate surface area is 168 Å². The van der Waals surface area contributed by atoms with Crippen molar-refractivity contribution in [2.75, 3.05) is 0 Å². The molecule has 0 radical (unpaired) electrons. The van der Waals surface area contributed by atoms with Crippen LogP contribution in [0.5, 0.6) is 0 Å². The van der Waals surface area contributed by atoms with Gasteiger partial charge in [0.25, 0.3) is 0 Å². The maximum Gasteiger partial charge on any atom is 2.00 e. The van der Waals surface area contributed by atoms with Crippen LogP contribution >= 0.6 is 0 Å². The van der Waals surface area contributed by atoms with E-state index in [1.165, 1.54) is 24.3 Å². The van der Waals surface area contributed by atoms with E-state index in [9.17, 15) is 25.9 Å². The first-order valence-electron chi connectivity index (χ1n) is 6.88. The van der Waals surface area contributed by atoms with Gasteiger partial charge in [0.1, 0.15) is 20.2 Å². The molecule has 0 aliphatic rings. The summed E-state index contributed by atoms with van der Waals surface area (Å²) in [5.41, 5.74) is 3.57. The Hall–Kier alpha value is -0.818. The SMILES string of the molecule is Cc1ccc(S(=O)(=O)[O-])cc1C.Cc1ccc(S(=O)(=O)[O-])cc1C.[Cd+2]. The van der Waals surface area contributed by atoms with Gasteiger partial charge in [-0.2, -0.15) is 0 Å². The van der Waals surface area contributed by atoms with Crippen LogP contribution in [0.4, 0.5) is 0 Å². The van der Waals surface area contributed by atoms with Crippen LogP contribution in [0.1, 0.15) is 22.3 Å². The number of hydrogen-bond acceptors (Lipinski definition) is 6. The van der Waals surface area contributed by atoms with Crippen LogP contribution in [0.15, 0.2) is 46.2 Å². The molecule has 0 atom stereocenters. The molecule has 9 heteroatoms. The van der Waals surface area contributed by atoms with Crippen LogP contribution in [-0.4, -0.2) is 25.9 Å². The fourth-order valence-electron chi connectivity index (χ4n) is 1.74. The molecule has 0 N–H and O–H groups in total. The minimum absolute atomic E-state index is 0. The smallest absolute Gasteiger partial charge is 0.744 e. The van der Waals surface area contributed by atoms with Crippen LogP contribution in [0.3, 0.4) is 0 Å². The Kier molecular flexibility index (Phi) is 8.91. The summed E-state index contributed by atoms with van der Waals surface area (Å²) in [7, 11) is -8.58. The van der Waals surface area contributed by atoms with Crippen LogP contribution in [0.2, 0.25) is 0 Å². The van der Waals surface area contributed by atoms with E-state index in [-0.39, 0.29) is 37.1 Å². The maximum atomic E-state index is 10.5. The second kappa shape index (κ2) is 9.22. The van der Waals surface area contributed by atoms with E-state index in [0.29, 0.717) is 0 Å². The standard InChI is InChI=1S/2C8H10O3S.Cd/c2*1-6-3-4-8(5-7(6)2)12(9,10)11;/h2*3-5H,1-2H3,(H,9,10,11);/q;;+2/p-2. The fourth-order valence-corrected chi connectivity index (χ4v) is 2.85. The first kappa shape index (κ1) is 24.2. The summed E-state index contributed by atoms with van der Waals surface area (Å²) in [6.07, 6.45) is 0. The van der Waals surface area contributed by atoms with Gasteiger partial charge < -0.3 is 9.11 Å². The minimum atomic E-state index is -4.29. The predicted octanol–water partition coefficient (Wildman–Crippen LogP) is 2.41. The molecule has 2 aromatic carbocycles. The van der Waals surface area contributed by atoms with E-state index < -0.39 is 20.2 Å². The third-order valence-electron chi connectivity index (χ3n) is 3.53. The quantitative estimate of drug-likeness (QED) is 0.479. The molecule has 0 unspecified atom stereocenters. The molecule has 0 saturated carbocycles. The summed E-state index contributed by atoms with van der Waals surface area (Å²) in [6.45, 7) is 7.25. The second-order valence-electron chi connectivity index (χ2n) is 5.40. The molecular formula is C16H18CdO6S2. The number of aryl methyl sites for hydroxylation is 4. The molecule has 6 nitrogen and oxygen atoms in total. The minimum Gasteiger partial charge on any atom is -0.744 e. The van der Waals surface area contributed by atoms with Gasteiger partial charge >= 0.3 is 27.3 Å². The van der Waals surface area contributed by atoms with E-state index in [0.717, 1.165) is 22.3 Å². The molecule has 0 fully saturated rings. The molecule has 0 saturated heterocycles. The summed E-state index contributed by atoms with van der Waals surface area (Å²) >= 11 is 0. The molecule has 0 aromatic heterocycles. The molecular weight excluding hydrogens is 465 g/mol. The first-order valence-corrected chi connectivity index (χ1v) is 9.70. The zero-order valence-corrected chi connectivity index (χ0v) is 20.1. The summed E-state index contributed by atoms with van der Waals surface area (Å²) in [5.74, 6) is 0. The van der Waals surface area contributed by atoms with Gasteiger partial charge in [0.15, 0.2) is 0 Å². The van der Waals surface area contributed by atoms with Gasteiger partial charge in [-0.15, -0.1) is 0 Å². The number of benzene rings is 2. The molecule has 2 rings (SSSR count). The van der Waals surface area contributed by atoms with Crippen LogP contribution in [0, 0.1) is 27.7 Å². The first-order chi connectivity index (χ1) is 10.8. The Balaban J connectivity index is 0.000000443. The molecule has 25 heavy (non-hydrogen) atoms. The van der Waals surface area contributed by atoms with E-state index in [1.807, 2.05) is 13.8 Å². The predicted molar refractivity (Wildman–Crippen MR) is 87.8 cm³/mol. The van der Waals surface area contributed by atoms with Crippen molar-refractivity contribution in [2.24, 2.45) is 0 Å². The van der Waals surface area contributed by atoms with Crippen molar-refractivity contribution in [2.45, 2.75) is 37.5 Å². The van der Waals surface area contributed by atoms with Crippen molar-refractivity contribution in [1.82, 2.24) is 0 Å². The Morgan fingerprint density at radius 2 is 0.880 bits per heavy atom. The van der Waals surface area contributed by atoms with E-state index in [1.54, 1.807) is 26.0 Å². The molecule has 0 bridgehead atoms. The van der Waals surface area contributed by atoms with Crippen molar-refractivity contribution in [3.63, 3.8) is 0 Å². The van der Waals surface area contributed by atoms with Crippen LogP contribution < -0.4 is 0 Å². The molecule has 2 aromatic rings. The van der Waals surface area contributed by atoms with Gasteiger partial charge in [-0.3, -0.25) is 0 Å². The Morgan fingerprint density at radius 1 is 0.600 bits per heavy atom. The molecule has 132 valence electrons. The van der Waals surface area contributed by atoms with Gasteiger partial charge in [-0.05, 0) is 74.2 Å². The van der Waals surface area contributed by atoms with Crippen molar-refractivity contribution >= 4 is 20.2 Å². The topological polar surface area (TPSA) is 114 Å². The van der Waals surface area contributed by atoms with Crippen molar-refractivity contribution in [3.05, 3.63) is 58.7 Å². The third-order valence-corrected chi connectivity index (χ3v) is 5.20. The van der Waals surface area contributed by atoms with Crippen molar-refractivity contribution in [3.8, 4) is 0 Å². The van der Waals surface area contributed by atoms with Gasteiger partial charge in [0, 0.05) is 0 Å². The average molecular weight is 483 g/mol. The van der Waals surface area contributed by atoms with Crippen molar-refractivity contribution in [1.29, 1.82) is 0 Å². The van der Waals surface area contributed by atoms with Gasteiger partial charge in [-0.25, -0.2) is 16.8 Å². The monoisotopic (exact) mass is 484 g/mol. The van der Waals surface area contributed by atoms with Crippen LogP contribution in [-0.2, 0) is 47.5 Å². The number of rotatable bonds is 2. The Morgan fingerprint density at radius 3 is 1.08 bits per heavy atom. The molecule has 0 aliphatic heterocycles. The second-order valence-corrected chi connectivity index (χ2v) is 8.16. The summed E-state index contributed by atoms with van der Waals surface area (Å²) in [6, 6.07) is 8.67. The van der Waals surface area contributed by atoms with E-state index >= 15 is 0 Å². The van der Waals surface area contributed by atoms with Crippen LogP contribution in [0.25, 0.3) is 0 Å². The van der Waals surface area contributed by atoms with Gasteiger partial charge in [0.05, 0.1) is 9.79 Å². The molecule has 0 aliphatic carbocycles. The molecule has 0 amide bonds. The average Bonchev–Trinajstić information content (AvgIpc) is 2.43. The summed E-state index contributed by atoms with van der Waals surface area (Å²) < 4.78 is 63.2. The fraction of sp³-hybridized carbons (Fsp3) is 0.250. The van der Waals surface area contributed by atoms with E-state index in [4.69, 9.17) is 0 Å². The third kappa shape index (κ3) is 7.52. The molecule has 0 heterocycles. The molecule has 0 spiro atoms. The largest absolute Gasteiger partial charge is 2.00 e. The maximum absolute atomic E-state index is 10.5. The zero-order valence-electron chi connectivity index (χ0n) is 14.4. The van der Waals surface area contributed by atoms with Gasteiger partial charge in [0.2, 0.25) is 0 Å². The number of hydrogen-bond donors (Lipinski definition) is 0. The zero-order chi connectivity index (χ0) is 18.7.